The van der Waals surface area contributed by atoms with Crippen molar-refractivity contribution in [2.45, 2.75) is 26.3 Å². The first-order valence-electron chi connectivity index (χ1n) is 6.49. The zero-order chi connectivity index (χ0) is 14.7. The molecule has 0 spiro atoms. The predicted molar refractivity (Wildman–Crippen MR) is 81.1 cm³/mol. The summed E-state index contributed by atoms with van der Waals surface area (Å²) in [6.07, 6.45) is 0.539. The highest BCUT2D eigenvalue weighted by molar-refractivity contribution is 6.31. The number of aryl methyl sites for hydroxylation is 2. The lowest BCUT2D eigenvalue weighted by Crippen LogP contribution is -2.30. The monoisotopic (exact) mass is 292 g/mol. The first-order valence-corrected chi connectivity index (χ1v) is 6.87. The molecule has 2 aromatic rings. The van der Waals surface area contributed by atoms with Gasteiger partial charge in [0, 0.05) is 0 Å². The smallest absolute Gasteiger partial charge is 0.142 e. The Labute approximate surface area is 123 Å². The van der Waals surface area contributed by atoms with Crippen molar-refractivity contribution in [3.63, 3.8) is 0 Å². The average molecular weight is 293 g/mol. The maximum atomic E-state index is 13.5. The van der Waals surface area contributed by atoms with E-state index in [2.05, 4.69) is 11.5 Å². The standard InChI is InChI=1S/C16H18ClFN2/c1-10-6-7-13(11(2)8-10)15(20-19)9-12-4-3-5-14(18)16(12)17/h3-8,15,20H,9,19H2,1-2H3. The van der Waals surface area contributed by atoms with E-state index in [0.717, 1.165) is 16.7 Å². The Balaban J connectivity index is 2.31. The minimum atomic E-state index is -0.402. The Kier molecular flexibility index (Phi) is 4.76. The largest absolute Gasteiger partial charge is 0.271 e. The second-order valence-electron chi connectivity index (χ2n) is 5.00. The molecule has 2 nitrogen and oxygen atoms in total. The average Bonchev–Trinajstić information content (AvgIpc) is 2.41. The summed E-state index contributed by atoms with van der Waals surface area (Å²) in [6.45, 7) is 4.09. The lowest BCUT2D eigenvalue weighted by atomic mass is 9.94. The number of nitrogens with one attached hydrogen (secondary N) is 1. The molecule has 106 valence electrons. The Hall–Kier alpha value is -1.42. The highest BCUT2D eigenvalue weighted by Crippen LogP contribution is 2.27. The minimum absolute atomic E-state index is 0.102. The minimum Gasteiger partial charge on any atom is -0.271 e. The number of hydrogen-bond acceptors (Lipinski definition) is 2. The van der Waals surface area contributed by atoms with Crippen molar-refractivity contribution in [3.8, 4) is 0 Å². The van der Waals surface area contributed by atoms with Crippen LogP contribution in [0.4, 0.5) is 4.39 Å². The van der Waals surface area contributed by atoms with Crippen LogP contribution in [0.1, 0.15) is 28.3 Å². The molecule has 0 heterocycles. The van der Waals surface area contributed by atoms with Crippen LogP contribution in [0.5, 0.6) is 0 Å². The summed E-state index contributed by atoms with van der Waals surface area (Å²) in [4.78, 5) is 0. The van der Waals surface area contributed by atoms with Gasteiger partial charge in [-0.2, -0.15) is 0 Å². The lowest BCUT2D eigenvalue weighted by Gasteiger charge is -2.20. The third-order valence-electron chi connectivity index (χ3n) is 3.46. The van der Waals surface area contributed by atoms with Crippen molar-refractivity contribution >= 4 is 11.6 Å². The normalized spacial score (nSPS) is 12.4. The van der Waals surface area contributed by atoms with Gasteiger partial charge in [-0.3, -0.25) is 11.3 Å². The molecule has 0 radical (unpaired) electrons. The van der Waals surface area contributed by atoms with Crippen LogP contribution in [0, 0.1) is 19.7 Å². The maximum absolute atomic E-state index is 13.5. The van der Waals surface area contributed by atoms with E-state index < -0.39 is 5.82 Å². The van der Waals surface area contributed by atoms with E-state index in [1.807, 2.05) is 32.0 Å². The summed E-state index contributed by atoms with van der Waals surface area (Å²) >= 11 is 6.00. The first kappa shape index (κ1) is 15.0. The van der Waals surface area contributed by atoms with Crippen LogP contribution in [-0.2, 0) is 6.42 Å². The zero-order valence-electron chi connectivity index (χ0n) is 11.6. The van der Waals surface area contributed by atoms with Gasteiger partial charge in [0.05, 0.1) is 11.1 Å². The molecule has 4 heteroatoms. The van der Waals surface area contributed by atoms with Crippen molar-refractivity contribution in [1.29, 1.82) is 0 Å². The lowest BCUT2D eigenvalue weighted by molar-refractivity contribution is 0.546. The quantitative estimate of drug-likeness (QED) is 0.664. The highest BCUT2D eigenvalue weighted by atomic mass is 35.5. The van der Waals surface area contributed by atoms with Crippen LogP contribution in [0.3, 0.4) is 0 Å². The molecule has 0 aliphatic heterocycles. The van der Waals surface area contributed by atoms with Crippen molar-refractivity contribution < 1.29 is 4.39 Å². The number of rotatable bonds is 4. The van der Waals surface area contributed by atoms with E-state index in [-0.39, 0.29) is 11.1 Å². The van der Waals surface area contributed by atoms with Crippen molar-refractivity contribution in [1.82, 2.24) is 5.43 Å². The van der Waals surface area contributed by atoms with Crippen LogP contribution in [0.2, 0.25) is 5.02 Å². The fraction of sp³-hybridized carbons (Fsp3) is 0.250. The van der Waals surface area contributed by atoms with Gasteiger partial charge in [-0.25, -0.2) is 4.39 Å². The van der Waals surface area contributed by atoms with Gasteiger partial charge in [0.1, 0.15) is 5.82 Å². The molecule has 0 aliphatic carbocycles. The molecule has 1 atom stereocenters. The van der Waals surface area contributed by atoms with Crippen molar-refractivity contribution in [3.05, 3.63) is 69.5 Å². The predicted octanol–water partition coefficient (Wildman–Crippen LogP) is 3.84. The summed E-state index contributed by atoms with van der Waals surface area (Å²) in [5, 5.41) is 0.164. The first-order chi connectivity index (χ1) is 9.52. The molecule has 0 aliphatic rings. The van der Waals surface area contributed by atoms with E-state index >= 15 is 0 Å². The van der Waals surface area contributed by atoms with Crippen LogP contribution < -0.4 is 11.3 Å². The van der Waals surface area contributed by atoms with Gasteiger partial charge >= 0.3 is 0 Å². The highest BCUT2D eigenvalue weighted by Gasteiger charge is 2.16. The number of hydrazine groups is 1. The number of halogens is 2. The summed E-state index contributed by atoms with van der Waals surface area (Å²) in [5.74, 6) is 5.26. The van der Waals surface area contributed by atoms with Gasteiger partial charge < -0.3 is 0 Å². The molecule has 0 saturated carbocycles. The molecule has 0 aromatic heterocycles. The third kappa shape index (κ3) is 3.18. The van der Waals surface area contributed by atoms with Crippen molar-refractivity contribution in [2.24, 2.45) is 5.84 Å². The van der Waals surface area contributed by atoms with E-state index in [0.29, 0.717) is 6.42 Å². The van der Waals surface area contributed by atoms with Crippen molar-refractivity contribution in [2.75, 3.05) is 0 Å². The van der Waals surface area contributed by atoms with E-state index in [9.17, 15) is 4.39 Å². The molecule has 2 rings (SSSR count). The molecule has 0 saturated heterocycles. The van der Waals surface area contributed by atoms with Crippen LogP contribution in [0.25, 0.3) is 0 Å². The second-order valence-corrected chi connectivity index (χ2v) is 5.37. The van der Waals surface area contributed by atoms with E-state index in [1.54, 1.807) is 6.07 Å². The topological polar surface area (TPSA) is 38.0 Å². The second kappa shape index (κ2) is 6.35. The Morgan fingerprint density at radius 3 is 2.65 bits per heavy atom. The van der Waals surface area contributed by atoms with Gasteiger partial charge in [0.25, 0.3) is 0 Å². The molecule has 0 amide bonds. The molecular formula is C16H18ClFN2. The third-order valence-corrected chi connectivity index (χ3v) is 3.88. The molecule has 20 heavy (non-hydrogen) atoms. The van der Waals surface area contributed by atoms with E-state index in [4.69, 9.17) is 17.4 Å². The molecular weight excluding hydrogens is 275 g/mol. The zero-order valence-corrected chi connectivity index (χ0v) is 12.3. The van der Waals surface area contributed by atoms with Gasteiger partial charge in [-0.05, 0) is 43.0 Å². The molecule has 3 N–H and O–H groups in total. The van der Waals surface area contributed by atoms with Gasteiger partial charge in [0.2, 0.25) is 0 Å². The maximum Gasteiger partial charge on any atom is 0.142 e. The molecule has 1 unspecified atom stereocenters. The number of nitrogens with two attached hydrogens (primary N) is 1. The van der Waals surface area contributed by atoms with Gasteiger partial charge in [0.15, 0.2) is 0 Å². The Morgan fingerprint density at radius 1 is 1.25 bits per heavy atom. The van der Waals surface area contributed by atoms with Crippen LogP contribution in [-0.4, -0.2) is 0 Å². The van der Waals surface area contributed by atoms with Crippen LogP contribution >= 0.6 is 11.6 Å². The fourth-order valence-electron chi connectivity index (χ4n) is 2.40. The number of hydrogen-bond donors (Lipinski definition) is 2. The van der Waals surface area contributed by atoms with Gasteiger partial charge in [-0.15, -0.1) is 0 Å². The fourth-order valence-corrected chi connectivity index (χ4v) is 2.60. The molecule has 2 aromatic carbocycles. The summed E-state index contributed by atoms with van der Waals surface area (Å²) < 4.78 is 13.5. The summed E-state index contributed by atoms with van der Waals surface area (Å²) in [6, 6.07) is 10.9. The summed E-state index contributed by atoms with van der Waals surface area (Å²) in [5.41, 5.74) is 6.99. The van der Waals surface area contributed by atoms with E-state index in [1.165, 1.54) is 11.6 Å². The molecule has 0 fully saturated rings. The summed E-state index contributed by atoms with van der Waals surface area (Å²) in [7, 11) is 0. The van der Waals surface area contributed by atoms with Crippen LogP contribution in [0.15, 0.2) is 36.4 Å². The Morgan fingerprint density at radius 2 is 2.00 bits per heavy atom. The van der Waals surface area contributed by atoms with Gasteiger partial charge in [-0.1, -0.05) is 47.5 Å². The number of benzene rings is 2. The SMILES string of the molecule is Cc1ccc(C(Cc2cccc(F)c2Cl)NN)c(C)c1. The molecule has 0 bridgehead atoms. The Bertz CT molecular complexity index is 613.